The number of likely N-dealkylation sites (N-methyl/N-ethyl adjacent to an activating group) is 1. The summed E-state index contributed by atoms with van der Waals surface area (Å²) in [7, 11) is 5.35. The van der Waals surface area contributed by atoms with E-state index in [0.29, 0.717) is 46.6 Å². The zero-order valence-corrected chi connectivity index (χ0v) is 23.1. The van der Waals surface area contributed by atoms with Crippen LogP contribution in [0.4, 0.5) is 0 Å². The lowest BCUT2D eigenvalue weighted by molar-refractivity contribution is -0.120. The number of carbonyl (C=O) groups is 1. The smallest absolute Gasteiger partial charge is 0.231 e. The van der Waals surface area contributed by atoms with Gasteiger partial charge in [-0.25, -0.2) is 0 Å². The van der Waals surface area contributed by atoms with Crippen LogP contribution in [0.3, 0.4) is 0 Å². The number of ether oxygens (including phenoxy) is 6. The Morgan fingerprint density at radius 1 is 0.927 bits per heavy atom. The number of amides is 1. The highest BCUT2D eigenvalue weighted by Crippen LogP contribution is 2.49. The number of benzene rings is 3. The van der Waals surface area contributed by atoms with Gasteiger partial charge in [0.2, 0.25) is 25.2 Å². The van der Waals surface area contributed by atoms with Crippen molar-refractivity contribution < 1.29 is 37.6 Å². The van der Waals surface area contributed by atoms with Crippen molar-refractivity contribution in [3.8, 4) is 45.8 Å². The van der Waals surface area contributed by atoms with Crippen molar-refractivity contribution in [1.29, 1.82) is 0 Å². The minimum absolute atomic E-state index is 0.106. The molecule has 212 valence electrons. The molecule has 0 spiro atoms. The first-order valence-electron chi connectivity index (χ1n) is 13.5. The van der Waals surface area contributed by atoms with Gasteiger partial charge in [-0.1, -0.05) is 0 Å². The van der Waals surface area contributed by atoms with E-state index in [4.69, 9.17) is 32.8 Å². The first kappa shape index (κ1) is 25.4. The maximum atomic E-state index is 13.6. The molecule has 41 heavy (non-hydrogen) atoms. The minimum atomic E-state index is -0.148. The lowest BCUT2D eigenvalue weighted by atomic mass is 9.92. The Hall–Kier alpha value is -4.57. The van der Waals surface area contributed by atoms with E-state index in [1.165, 1.54) is 0 Å². The maximum Gasteiger partial charge on any atom is 0.231 e. The second kappa shape index (κ2) is 10.1. The summed E-state index contributed by atoms with van der Waals surface area (Å²) in [4.78, 5) is 15.8. The van der Waals surface area contributed by atoms with Gasteiger partial charge in [0.05, 0.1) is 20.6 Å². The number of rotatable bonds is 7. The average molecular weight is 559 g/mol. The zero-order chi connectivity index (χ0) is 28.1. The predicted octanol–water partition coefficient (Wildman–Crippen LogP) is 4.42. The second-order valence-electron chi connectivity index (χ2n) is 10.3. The Bertz CT molecular complexity index is 1660. The summed E-state index contributed by atoms with van der Waals surface area (Å²) >= 11 is 0. The summed E-state index contributed by atoms with van der Waals surface area (Å²) in [6.07, 6.45) is 0.930. The standard InChI is InChI=1S/C31H30N2O8/c1-33-9-8-19-22(30-31(40-16-39-30)29(36-3)23(19)14-33)13-32-27(34)11-21-20-10-25-26(38-15-37-25)12-24(20)41-28(21)17-4-6-18(35-2)7-5-17/h4-7,10,12H,8-9,11,13-16H2,1-3H3,(H,32,34). The molecule has 0 aliphatic carbocycles. The molecule has 0 radical (unpaired) electrons. The van der Waals surface area contributed by atoms with Crippen molar-refractivity contribution in [3.63, 3.8) is 0 Å². The molecule has 0 bridgehead atoms. The van der Waals surface area contributed by atoms with Gasteiger partial charge in [0.15, 0.2) is 23.0 Å². The van der Waals surface area contributed by atoms with Crippen molar-refractivity contribution in [2.24, 2.45) is 0 Å². The predicted molar refractivity (Wildman–Crippen MR) is 149 cm³/mol. The molecule has 1 N–H and O–H groups in total. The highest BCUT2D eigenvalue weighted by molar-refractivity contribution is 5.95. The number of fused-ring (bicyclic) bond motifs is 4. The normalized spacial score (nSPS) is 15.2. The largest absolute Gasteiger partial charge is 0.497 e. The molecule has 4 heterocycles. The number of nitrogens with one attached hydrogen (secondary N) is 1. The van der Waals surface area contributed by atoms with E-state index in [-0.39, 0.29) is 25.9 Å². The van der Waals surface area contributed by atoms with Crippen LogP contribution in [-0.2, 0) is 30.7 Å². The quantitative estimate of drug-likeness (QED) is 0.353. The van der Waals surface area contributed by atoms with Crippen molar-refractivity contribution >= 4 is 16.9 Å². The Balaban J connectivity index is 1.21. The second-order valence-corrected chi connectivity index (χ2v) is 10.3. The molecule has 7 rings (SSSR count). The summed E-state index contributed by atoms with van der Waals surface area (Å²) in [6.45, 7) is 2.22. The minimum Gasteiger partial charge on any atom is -0.497 e. The molecule has 10 nitrogen and oxygen atoms in total. The molecule has 0 saturated heterocycles. The maximum absolute atomic E-state index is 13.6. The lowest BCUT2D eigenvalue weighted by Crippen LogP contribution is -2.30. The van der Waals surface area contributed by atoms with Crippen molar-refractivity contribution in [3.05, 3.63) is 58.7 Å². The van der Waals surface area contributed by atoms with E-state index in [0.717, 1.165) is 58.5 Å². The molecule has 0 unspecified atom stereocenters. The highest BCUT2D eigenvalue weighted by atomic mass is 16.7. The van der Waals surface area contributed by atoms with Gasteiger partial charge in [-0.15, -0.1) is 0 Å². The monoisotopic (exact) mass is 558 g/mol. The summed E-state index contributed by atoms with van der Waals surface area (Å²) < 4.78 is 40.2. The third-order valence-corrected chi connectivity index (χ3v) is 7.91. The number of furan rings is 1. The lowest BCUT2D eigenvalue weighted by Gasteiger charge is -2.29. The summed E-state index contributed by atoms with van der Waals surface area (Å²) in [5.41, 5.74) is 5.39. The van der Waals surface area contributed by atoms with Crippen LogP contribution in [0.2, 0.25) is 0 Å². The Morgan fingerprint density at radius 3 is 2.46 bits per heavy atom. The van der Waals surface area contributed by atoms with E-state index < -0.39 is 0 Å². The van der Waals surface area contributed by atoms with Gasteiger partial charge in [0, 0.05) is 53.3 Å². The Morgan fingerprint density at radius 2 is 1.68 bits per heavy atom. The molecule has 1 aromatic heterocycles. The van der Waals surface area contributed by atoms with Crippen LogP contribution in [0, 0.1) is 0 Å². The summed E-state index contributed by atoms with van der Waals surface area (Å²) in [5.74, 6) is 4.41. The molecule has 10 heteroatoms. The SMILES string of the molecule is COc1ccc(-c2oc3cc4c(cc3c2CC(=O)NCc2c3c(c(OC)c5c2OCO5)CN(C)CC3)OCO4)cc1. The zero-order valence-electron chi connectivity index (χ0n) is 23.1. The number of hydrogen-bond donors (Lipinski definition) is 1. The molecule has 3 aliphatic rings. The first-order chi connectivity index (χ1) is 20.0. The van der Waals surface area contributed by atoms with E-state index in [2.05, 4.69) is 17.3 Å². The van der Waals surface area contributed by atoms with Gasteiger partial charge in [-0.3, -0.25) is 4.79 Å². The van der Waals surface area contributed by atoms with Gasteiger partial charge in [0.1, 0.15) is 17.1 Å². The Kier molecular flexibility index (Phi) is 6.27. The van der Waals surface area contributed by atoms with E-state index >= 15 is 0 Å². The van der Waals surface area contributed by atoms with E-state index in [9.17, 15) is 4.79 Å². The molecular formula is C31H30N2O8. The Labute approximate surface area is 236 Å². The molecule has 0 fully saturated rings. The van der Waals surface area contributed by atoms with Gasteiger partial charge in [0.25, 0.3) is 0 Å². The summed E-state index contributed by atoms with van der Waals surface area (Å²) in [6, 6.07) is 11.3. The van der Waals surface area contributed by atoms with Gasteiger partial charge in [-0.05, 0) is 49.4 Å². The number of carbonyl (C=O) groups excluding carboxylic acids is 1. The molecule has 0 atom stereocenters. The van der Waals surface area contributed by atoms with Gasteiger partial charge < -0.3 is 43.1 Å². The fourth-order valence-corrected chi connectivity index (χ4v) is 5.89. The van der Waals surface area contributed by atoms with Crippen LogP contribution in [0.15, 0.2) is 40.8 Å². The highest BCUT2D eigenvalue weighted by Gasteiger charge is 2.33. The molecule has 3 aliphatic heterocycles. The van der Waals surface area contributed by atoms with Crippen LogP contribution < -0.4 is 33.7 Å². The van der Waals surface area contributed by atoms with E-state index in [1.807, 2.05) is 36.4 Å². The number of hydrogen-bond acceptors (Lipinski definition) is 9. The van der Waals surface area contributed by atoms with Crippen LogP contribution in [0.1, 0.15) is 22.3 Å². The van der Waals surface area contributed by atoms with Crippen LogP contribution in [0.5, 0.6) is 34.5 Å². The third-order valence-electron chi connectivity index (χ3n) is 7.91. The van der Waals surface area contributed by atoms with Gasteiger partial charge >= 0.3 is 0 Å². The van der Waals surface area contributed by atoms with Crippen molar-refractivity contribution in [2.75, 3.05) is 41.4 Å². The first-order valence-corrected chi connectivity index (χ1v) is 13.5. The molecule has 4 aromatic rings. The molecule has 1 amide bonds. The van der Waals surface area contributed by atoms with Crippen molar-refractivity contribution in [1.82, 2.24) is 10.2 Å². The fourth-order valence-electron chi connectivity index (χ4n) is 5.89. The van der Waals surface area contributed by atoms with Crippen LogP contribution in [-0.4, -0.2) is 52.2 Å². The van der Waals surface area contributed by atoms with Crippen LogP contribution in [0.25, 0.3) is 22.3 Å². The van der Waals surface area contributed by atoms with Crippen molar-refractivity contribution in [2.45, 2.75) is 25.9 Å². The van der Waals surface area contributed by atoms with Gasteiger partial charge in [-0.2, -0.15) is 0 Å². The van der Waals surface area contributed by atoms with E-state index in [1.54, 1.807) is 14.2 Å². The third kappa shape index (κ3) is 4.35. The number of methoxy groups -OCH3 is 2. The van der Waals surface area contributed by atoms with Crippen LogP contribution >= 0.6 is 0 Å². The average Bonchev–Trinajstić information content (AvgIpc) is 3.73. The topological polar surface area (TPSA) is 101 Å². The molecule has 3 aromatic carbocycles. The summed E-state index contributed by atoms with van der Waals surface area (Å²) in [5, 5.41) is 3.94. The molecule has 0 saturated carbocycles. The number of nitrogens with zero attached hydrogens (tertiary/aromatic N) is 1. The fraction of sp³-hybridized carbons (Fsp3) is 0.323. The molecular weight excluding hydrogens is 528 g/mol.